The van der Waals surface area contributed by atoms with Gasteiger partial charge in [0, 0.05) is 37.5 Å². The number of carbonyl (C=O) groups is 4. The van der Waals surface area contributed by atoms with Gasteiger partial charge in [-0.15, -0.1) is 0 Å². The second-order valence-corrected chi connectivity index (χ2v) is 4.29. The summed E-state index contributed by atoms with van der Waals surface area (Å²) >= 11 is 0. The number of amides is 4. The normalized spacial score (nSPS) is 18.0. The lowest BCUT2D eigenvalue weighted by Gasteiger charge is -2.15. The molecule has 0 saturated heterocycles. The lowest BCUT2D eigenvalue weighted by molar-refractivity contribution is -0.139. The highest BCUT2D eigenvalue weighted by Gasteiger charge is 2.23. The van der Waals surface area contributed by atoms with Crippen molar-refractivity contribution >= 4 is 23.6 Å². The zero-order valence-electron chi connectivity index (χ0n) is 10.8. The Bertz CT molecular complexity index is 427. The molecular formula is C13H14N2O5. The van der Waals surface area contributed by atoms with Crippen LogP contribution >= 0.6 is 0 Å². The summed E-state index contributed by atoms with van der Waals surface area (Å²) in [7, 11) is 0. The van der Waals surface area contributed by atoms with Crippen LogP contribution in [0.4, 0.5) is 0 Å². The van der Waals surface area contributed by atoms with Gasteiger partial charge >= 0.3 is 0 Å². The Balaban J connectivity index is 1.56. The second-order valence-electron chi connectivity index (χ2n) is 4.29. The molecule has 4 amide bonds. The lowest BCUT2D eigenvalue weighted by atomic mass is 10.4. The monoisotopic (exact) mass is 278 g/mol. The van der Waals surface area contributed by atoms with Crippen molar-refractivity contribution in [3.8, 4) is 0 Å². The van der Waals surface area contributed by atoms with E-state index < -0.39 is 0 Å². The maximum absolute atomic E-state index is 11.2. The van der Waals surface area contributed by atoms with Crippen LogP contribution in [0.5, 0.6) is 0 Å². The van der Waals surface area contributed by atoms with Gasteiger partial charge in [0.25, 0.3) is 23.6 Å². The lowest BCUT2D eigenvalue weighted by Crippen LogP contribution is -2.33. The van der Waals surface area contributed by atoms with E-state index in [0.717, 1.165) is 9.80 Å². The molecule has 0 N–H and O–H groups in total. The summed E-state index contributed by atoms with van der Waals surface area (Å²) in [4.78, 5) is 47.2. The first-order chi connectivity index (χ1) is 9.59. The van der Waals surface area contributed by atoms with E-state index >= 15 is 0 Å². The minimum absolute atomic E-state index is 0.202. The molecular weight excluding hydrogens is 264 g/mol. The minimum Gasteiger partial charge on any atom is -0.380 e. The summed E-state index contributed by atoms with van der Waals surface area (Å²) in [6.45, 7) is 1.08. The van der Waals surface area contributed by atoms with Gasteiger partial charge in [-0.1, -0.05) is 0 Å². The van der Waals surface area contributed by atoms with Crippen LogP contribution in [0.15, 0.2) is 24.3 Å². The first-order valence-corrected chi connectivity index (χ1v) is 6.24. The first-order valence-electron chi connectivity index (χ1n) is 6.24. The van der Waals surface area contributed by atoms with Crippen molar-refractivity contribution in [3.05, 3.63) is 24.3 Å². The molecule has 0 atom stereocenters. The van der Waals surface area contributed by atoms with E-state index in [4.69, 9.17) is 4.74 Å². The molecule has 2 heterocycles. The van der Waals surface area contributed by atoms with Gasteiger partial charge in [-0.3, -0.25) is 29.0 Å². The number of ether oxygens (including phenoxy) is 1. The largest absolute Gasteiger partial charge is 0.380 e. The van der Waals surface area contributed by atoms with Gasteiger partial charge in [0.1, 0.15) is 0 Å². The van der Waals surface area contributed by atoms with Crippen LogP contribution in [0.2, 0.25) is 0 Å². The van der Waals surface area contributed by atoms with E-state index in [-0.39, 0.29) is 36.8 Å². The van der Waals surface area contributed by atoms with Crippen molar-refractivity contribution in [2.45, 2.75) is 6.42 Å². The Hall–Kier alpha value is -2.28. The summed E-state index contributed by atoms with van der Waals surface area (Å²) in [6, 6.07) is 0. The third-order valence-electron chi connectivity index (χ3n) is 2.93. The fraction of sp³-hybridized carbons (Fsp3) is 0.385. The van der Waals surface area contributed by atoms with Crippen molar-refractivity contribution in [1.29, 1.82) is 0 Å². The van der Waals surface area contributed by atoms with Crippen LogP contribution in [0.1, 0.15) is 6.42 Å². The summed E-state index contributed by atoms with van der Waals surface area (Å²) in [6.07, 6.45) is 5.43. The van der Waals surface area contributed by atoms with E-state index in [2.05, 4.69) is 0 Å². The Morgan fingerprint density at radius 1 is 0.700 bits per heavy atom. The number of hydrogen-bond donors (Lipinski definition) is 0. The fourth-order valence-corrected chi connectivity index (χ4v) is 1.89. The molecule has 0 unspecified atom stereocenters. The van der Waals surface area contributed by atoms with Crippen molar-refractivity contribution in [1.82, 2.24) is 9.80 Å². The molecule has 7 heteroatoms. The SMILES string of the molecule is O=C1C=CC(=O)N1CCCOCCN1C(=O)C=CC1=O. The van der Waals surface area contributed by atoms with Gasteiger partial charge < -0.3 is 4.74 Å². The number of carbonyl (C=O) groups excluding carboxylic acids is 4. The Kier molecular flexibility index (Phi) is 4.41. The van der Waals surface area contributed by atoms with Crippen LogP contribution in [-0.4, -0.2) is 59.7 Å². The first kappa shape index (κ1) is 14.1. The quantitative estimate of drug-likeness (QED) is 0.451. The highest BCUT2D eigenvalue weighted by atomic mass is 16.5. The van der Waals surface area contributed by atoms with Gasteiger partial charge in [-0.05, 0) is 6.42 Å². The van der Waals surface area contributed by atoms with Crippen LogP contribution in [0.25, 0.3) is 0 Å². The number of hydrogen-bond acceptors (Lipinski definition) is 5. The van der Waals surface area contributed by atoms with Gasteiger partial charge in [0.2, 0.25) is 0 Å². The highest BCUT2D eigenvalue weighted by Crippen LogP contribution is 2.05. The fourth-order valence-electron chi connectivity index (χ4n) is 1.89. The summed E-state index contributed by atoms with van der Waals surface area (Å²) in [5.74, 6) is -1.29. The van der Waals surface area contributed by atoms with E-state index in [1.54, 1.807) is 0 Å². The number of rotatable bonds is 7. The van der Waals surface area contributed by atoms with Crippen LogP contribution in [0, 0.1) is 0 Å². The third kappa shape index (κ3) is 3.18. The summed E-state index contributed by atoms with van der Waals surface area (Å²) in [5, 5.41) is 0. The molecule has 0 aliphatic carbocycles. The van der Waals surface area contributed by atoms with E-state index in [0.29, 0.717) is 19.6 Å². The average Bonchev–Trinajstić information content (AvgIpc) is 2.90. The molecule has 2 aliphatic rings. The second kappa shape index (κ2) is 6.25. The smallest absolute Gasteiger partial charge is 0.253 e. The van der Waals surface area contributed by atoms with Gasteiger partial charge in [-0.25, -0.2) is 0 Å². The van der Waals surface area contributed by atoms with Crippen molar-refractivity contribution < 1.29 is 23.9 Å². The van der Waals surface area contributed by atoms with Crippen LogP contribution < -0.4 is 0 Å². The van der Waals surface area contributed by atoms with Gasteiger partial charge in [0.15, 0.2) is 0 Å². The minimum atomic E-state index is -0.335. The molecule has 0 aromatic carbocycles. The predicted octanol–water partition coefficient (Wildman–Crippen LogP) is -0.757. The van der Waals surface area contributed by atoms with Crippen molar-refractivity contribution in [3.63, 3.8) is 0 Å². The molecule has 2 rings (SSSR count). The van der Waals surface area contributed by atoms with E-state index in [1.165, 1.54) is 24.3 Å². The molecule has 0 bridgehead atoms. The predicted molar refractivity (Wildman–Crippen MR) is 67.2 cm³/mol. The molecule has 0 aromatic heterocycles. The zero-order chi connectivity index (χ0) is 14.5. The van der Waals surface area contributed by atoms with Gasteiger partial charge in [-0.2, -0.15) is 0 Å². The highest BCUT2D eigenvalue weighted by molar-refractivity contribution is 6.13. The van der Waals surface area contributed by atoms with E-state index in [1.807, 2.05) is 0 Å². The van der Waals surface area contributed by atoms with Gasteiger partial charge in [0.05, 0.1) is 13.2 Å². The third-order valence-corrected chi connectivity index (χ3v) is 2.93. The molecule has 20 heavy (non-hydrogen) atoms. The molecule has 2 aliphatic heterocycles. The molecule has 0 saturated carbocycles. The number of imide groups is 2. The number of nitrogens with zero attached hydrogens (tertiary/aromatic N) is 2. The molecule has 7 nitrogen and oxygen atoms in total. The maximum atomic E-state index is 11.2. The summed E-state index contributed by atoms with van der Waals surface area (Å²) in [5.41, 5.74) is 0. The van der Waals surface area contributed by atoms with Crippen molar-refractivity contribution in [2.75, 3.05) is 26.3 Å². The molecule has 0 fully saturated rings. The average molecular weight is 278 g/mol. The molecule has 0 aromatic rings. The Labute approximate surface area is 115 Å². The van der Waals surface area contributed by atoms with E-state index in [9.17, 15) is 19.2 Å². The molecule has 0 spiro atoms. The molecule has 106 valence electrons. The topological polar surface area (TPSA) is 84.0 Å². The Morgan fingerprint density at radius 2 is 1.15 bits per heavy atom. The summed E-state index contributed by atoms with van der Waals surface area (Å²) < 4.78 is 5.28. The van der Waals surface area contributed by atoms with Crippen LogP contribution in [0.3, 0.4) is 0 Å². The molecule has 0 radical (unpaired) electrons. The maximum Gasteiger partial charge on any atom is 0.253 e. The zero-order valence-corrected chi connectivity index (χ0v) is 10.8. The Morgan fingerprint density at radius 3 is 1.65 bits per heavy atom. The van der Waals surface area contributed by atoms with Crippen molar-refractivity contribution in [2.24, 2.45) is 0 Å². The van der Waals surface area contributed by atoms with Crippen LogP contribution in [-0.2, 0) is 23.9 Å². The standard InChI is InChI=1S/C13H14N2O5/c16-10-2-3-11(17)14(10)6-1-8-20-9-7-15-12(18)4-5-13(15)19/h2-5H,1,6-9H2.